The summed E-state index contributed by atoms with van der Waals surface area (Å²) in [5, 5.41) is 13.3. The third kappa shape index (κ3) is 5.16. The number of ether oxygens (including phenoxy) is 1. The number of hydrogen-bond acceptors (Lipinski definition) is 4. The van der Waals surface area contributed by atoms with Crippen molar-refractivity contribution in [3.63, 3.8) is 0 Å². The van der Waals surface area contributed by atoms with Gasteiger partial charge in [0.1, 0.15) is 11.5 Å². The molecule has 0 aromatic heterocycles. The Labute approximate surface area is 171 Å². The standard InChI is InChI=1S/C18H17Br2F3N2O2/c19-14-9-12(10-15(20)17(14)26)16(25-7-5-24-6-8-25)11-1-3-13(4-2-11)27-18(21,22)23/h1-4,9-10,16,24,26H,5-8H2/t16-/m0/s1. The predicted octanol–water partition coefficient (Wildman–Crippen LogP) is 4.81. The van der Waals surface area contributed by atoms with Gasteiger partial charge >= 0.3 is 6.36 Å². The molecule has 0 unspecified atom stereocenters. The molecule has 27 heavy (non-hydrogen) atoms. The lowest BCUT2D eigenvalue weighted by Gasteiger charge is -2.36. The first kappa shape index (κ1) is 20.4. The maximum Gasteiger partial charge on any atom is 0.573 e. The highest BCUT2D eigenvalue weighted by atomic mass is 79.9. The molecule has 9 heteroatoms. The number of alkyl halides is 3. The van der Waals surface area contributed by atoms with E-state index in [1.54, 1.807) is 12.1 Å². The molecule has 146 valence electrons. The predicted molar refractivity (Wildman–Crippen MR) is 103 cm³/mol. The van der Waals surface area contributed by atoms with Gasteiger partial charge in [0.05, 0.1) is 15.0 Å². The zero-order valence-electron chi connectivity index (χ0n) is 14.1. The zero-order valence-corrected chi connectivity index (χ0v) is 17.2. The van der Waals surface area contributed by atoms with E-state index in [9.17, 15) is 18.3 Å². The molecule has 1 saturated heterocycles. The molecule has 1 fully saturated rings. The lowest BCUT2D eigenvalue weighted by molar-refractivity contribution is -0.274. The number of piperazine rings is 1. The Kier molecular flexibility index (Phi) is 6.35. The van der Waals surface area contributed by atoms with Gasteiger partial charge in [-0.05, 0) is 67.3 Å². The van der Waals surface area contributed by atoms with E-state index >= 15 is 0 Å². The van der Waals surface area contributed by atoms with Gasteiger partial charge in [0.2, 0.25) is 0 Å². The van der Waals surface area contributed by atoms with Crippen LogP contribution in [0, 0.1) is 0 Å². The highest BCUT2D eigenvalue weighted by Gasteiger charge is 2.31. The molecule has 0 saturated carbocycles. The molecule has 1 atom stereocenters. The molecule has 1 aliphatic rings. The van der Waals surface area contributed by atoms with Crippen molar-refractivity contribution in [1.82, 2.24) is 10.2 Å². The highest BCUT2D eigenvalue weighted by Crippen LogP contribution is 2.39. The molecule has 4 nitrogen and oxygen atoms in total. The Balaban J connectivity index is 1.97. The lowest BCUT2D eigenvalue weighted by atomic mass is 9.96. The van der Waals surface area contributed by atoms with E-state index in [4.69, 9.17) is 0 Å². The second-order valence-electron chi connectivity index (χ2n) is 6.14. The van der Waals surface area contributed by atoms with Gasteiger partial charge in [-0.2, -0.15) is 0 Å². The van der Waals surface area contributed by atoms with Crippen molar-refractivity contribution >= 4 is 31.9 Å². The normalized spacial score (nSPS) is 16.9. The topological polar surface area (TPSA) is 44.7 Å². The van der Waals surface area contributed by atoms with Gasteiger partial charge in [0.15, 0.2) is 0 Å². The van der Waals surface area contributed by atoms with Gasteiger partial charge in [-0.3, -0.25) is 4.90 Å². The molecule has 0 bridgehead atoms. The Hall–Kier alpha value is -1.29. The second-order valence-corrected chi connectivity index (χ2v) is 7.85. The van der Waals surface area contributed by atoms with E-state index in [0.29, 0.717) is 8.95 Å². The number of aromatic hydroxyl groups is 1. The maximum absolute atomic E-state index is 12.4. The summed E-state index contributed by atoms with van der Waals surface area (Å²) in [7, 11) is 0. The fourth-order valence-corrected chi connectivity index (χ4v) is 4.37. The van der Waals surface area contributed by atoms with Crippen LogP contribution in [0.1, 0.15) is 17.2 Å². The first-order chi connectivity index (χ1) is 12.7. The molecule has 0 radical (unpaired) electrons. The molecule has 2 aromatic rings. The van der Waals surface area contributed by atoms with E-state index in [1.165, 1.54) is 12.1 Å². The molecule has 0 aliphatic carbocycles. The van der Waals surface area contributed by atoms with Gasteiger partial charge < -0.3 is 15.2 Å². The van der Waals surface area contributed by atoms with E-state index in [2.05, 4.69) is 46.8 Å². The van der Waals surface area contributed by atoms with Crippen LogP contribution in [0.3, 0.4) is 0 Å². The van der Waals surface area contributed by atoms with E-state index in [1.807, 2.05) is 12.1 Å². The van der Waals surface area contributed by atoms with Crippen molar-refractivity contribution in [2.45, 2.75) is 12.4 Å². The summed E-state index contributed by atoms with van der Waals surface area (Å²) in [4.78, 5) is 2.25. The van der Waals surface area contributed by atoms with Crippen molar-refractivity contribution in [2.75, 3.05) is 26.2 Å². The van der Waals surface area contributed by atoms with E-state index < -0.39 is 6.36 Å². The zero-order chi connectivity index (χ0) is 19.6. The highest BCUT2D eigenvalue weighted by molar-refractivity contribution is 9.11. The minimum atomic E-state index is -4.72. The molecule has 1 aliphatic heterocycles. The Morgan fingerprint density at radius 1 is 1.00 bits per heavy atom. The number of nitrogens with zero attached hydrogens (tertiary/aromatic N) is 1. The third-order valence-electron chi connectivity index (χ3n) is 4.30. The van der Waals surface area contributed by atoms with Crippen LogP contribution in [0.5, 0.6) is 11.5 Å². The largest absolute Gasteiger partial charge is 0.573 e. The average molecular weight is 510 g/mol. The van der Waals surface area contributed by atoms with Crippen molar-refractivity contribution in [1.29, 1.82) is 0 Å². The summed E-state index contributed by atoms with van der Waals surface area (Å²) >= 11 is 6.70. The van der Waals surface area contributed by atoms with Crippen LogP contribution in [0.15, 0.2) is 45.3 Å². The van der Waals surface area contributed by atoms with Gasteiger partial charge in [-0.15, -0.1) is 13.2 Å². The Morgan fingerprint density at radius 2 is 1.56 bits per heavy atom. The van der Waals surface area contributed by atoms with Crippen LogP contribution in [0.4, 0.5) is 13.2 Å². The number of rotatable bonds is 4. The molecule has 3 rings (SSSR count). The Morgan fingerprint density at radius 3 is 2.07 bits per heavy atom. The molecule has 0 amide bonds. The third-order valence-corrected chi connectivity index (χ3v) is 5.51. The number of nitrogens with one attached hydrogen (secondary N) is 1. The average Bonchev–Trinajstić information content (AvgIpc) is 2.61. The van der Waals surface area contributed by atoms with Crippen LogP contribution >= 0.6 is 31.9 Å². The summed E-state index contributed by atoms with van der Waals surface area (Å²) < 4.78 is 42.3. The number of phenolic OH excluding ortho intramolecular Hbond substituents is 1. The van der Waals surface area contributed by atoms with Crippen molar-refractivity contribution in [3.05, 3.63) is 56.5 Å². The van der Waals surface area contributed by atoms with Crippen LogP contribution in [-0.4, -0.2) is 42.5 Å². The Bertz CT molecular complexity index is 771. The summed E-state index contributed by atoms with van der Waals surface area (Å²) in [6.45, 7) is 3.24. The molecule has 0 spiro atoms. The molecular weight excluding hydrogens is 493 g/mol. The van der Waals surface area contributed by atoms with E-state index in [0.717, 1.165) is 37.3 Å². The van der Waals surface area contributed by atoms with Crippen LogP contribution in [0.25, 0.3) is 0 Å². The van der Waals surface area contributed by atoms with Gasteiger partial charge in [-0.1, -0.05) is 12.1 Å². The number of hydrogen-bond donors (Lipinski definition) is 2. The quantitative estimate of drug-likeness (QED) is 0.620. The fraction of sp³-hybridized carbons (Fsp3) is 0.333. The molecule has 1 heterocycles. The molecule has 2 N–H and O–H groups in total. The van der Waals surface area contributed by atoms with Crippen molar-refractivity contribution in [2.24, 2.45) is 0 Å². The van der Waals surface area contributed by atoms with Crippen LogP contribution in [0.2, 0.25) is 0 Å². The minimum Gasteiger partial charge on any atom is -0.506 e. The fourth-order valence-electron chi connectivity index (χ4n) is 3.15. The maximum atomic E-state index is 12.4. The first-order valence-corrected chi connectivity index (χ1v) is 9.81. The molecular formula is C18H17Br2F3N2O2. The lowest BCUT2D eigenvalue weighted by Crippen LogP contribution is -2.45. The monoisotopic (exact) mass is 508 g/mol. The minimum absolute atomic E-state index is 0.103. The van der Waals surface area contributed by atoms with Gasteiger partial charge in [-0.25, -0.2) is 0 Å². The summed E-state index contributed by atoms with van der Waals surface area (Å²) in [6.07, 6.45) is -4.72. The summed E-state index contributed by atoms with van der Waals surface area (Å²) in [6, 6.07) is 9.41. The number of benzene rings is 2. The van der Waals surface area contributed by atoms with Gasteiger partial charge in [0, 0.05) is 26.2 Å². The summed E-state index contributed by atoms with van der Waals surface area (Å²) in [5.41, 5.74) is 1.76. The van der Waals surface area contributed by atoms with E-state index in [-0.39, 0.29) is 17.5 Å². The van der Waals surface area contributed by atoms with Crippen LogP contribution < -0.4 is 10.1 Å². The van der Waals surface area contributed by atoms with Gasteiger partial charge in [0.25, 0.3) is 0 Å². The number of phenols is 1. The summed E-state index contributed by atoms with van der Waals surface area (Å²) in [5.74, 6) is -0.148. The second kappa shape index (κ2) is 8.38. The van der Waals surface area contributed by atoms with Crippen molar-refractivity contribution in [3.8, 4) is 11.5 Å². The first-order valence-electron chi connectivity index (χ1n) is 8.23. The number of halogens is 5. The molecule has 2 aromatic carbocycles. The smallest absolute Gasteiger partial charge is 0.506 e. The van der Waals surface area contributed by atoms with Crippen molar-refractivity contribution < 1.29 is 23.0 Å². The SMILES string of the molecule is Oc1c(Br)cc([C@H](c2ccc(OC(F)(F)F)cc2)N2CCNCC2)cc1Br. The van der Waals surface area contributed by atoms with Crippen LogP contribution in [-0.2, 0) is 0 Å².